The third-order valence-electron chi connectivity index (χ3n) is 4.88. The molecule has 0 unspecified atom stereocenters. The van der Waals surface area contributed by atoms with E-state index in [9.17, 15) is 4.79 Å². The topological polar surface area (TPSA) is 92.1 Å². The zero-order valence-electron chi connectivity index (χ0n) is 14.5. The summed E-state index contributed by atoms with van der Waals surface area (Å²) in [6, 6.07) is 8.41. The highest BCUT2D eigenvalue weighted by Gasteiger charge is 2.42. The SMILES string of the molecule is CC(C)NC(=O)Nc1ccc(-c2noc([C@@H]3C[C@@H]4CC[C@H]3N4)n2)cc1. The fourth-order valence-corrected chi connectivity index (χ4v) is 3.73. The molecule has 3 atom stereocenters. The van der Waals surface area contributed by atoms with Gasteiger partial charge in [-0.25, -0.2) is 4.79 Å². The number of nitrogens with one attached hydrogen (secondary N) is 3. The Hall–Kier alpha value is -2.41. The average molecular weight is 341 g/mol. The van der Waals surface area contributed by atoms with Crippen molar-refractivity contribution >= 4 is 11.7 Å². The first kappa shape index (κ1) is 16.1. The van der Waals surface area contributed by atoms with Crippen LogP contribution in [-0.4, -0.2) is 34.3 Å². The van der Waals surface area contributed by atoms with Gasteiger partial charge in [-0.1, -0.05) is 5.16 Å². The number of rotatable bonds is 4. The lowest BCUT2D eigenvalue weighted by molar-refractivity contribution is 0.250. The second kappa shape index (κ2) is 6.48. The molecular formula is C18H23N5O2. The molecule has 7 heteroatoms. The molecule has 25 heavy (non-hydrogen) atoms. The van der Waals surface area contributed by atoms with Crippen molar-refractivity contribution in [2.45, 2.75) is 57.2 Å². The molecule has 2 bridgehead atoms. The Bertz CT molecular complexity index is 755. The van der Waals surface area contributed by atoms with Crippen LogP contribution in [0.2, 0.25) is 0 Å². The fourth-order valence-electron chi connectivity index (χ4n) is 3.73. The molecule has 0 spiro atoms. The summed E-state index contributed by atoms with van der Waals surface area (Å²) in [5.41, 5.74) is 1.60. The van der Waals surface area contributed by atoms with Crippen LogP contribution in [0.3, 0.4) is 0 Å². The van der Waals surface area contributed by atoms with Gasteiger partial charge >= 0.3 is 6.03 Å². The third kappa shape index (κ3) is 3.37. The van der Waals surface area contributed by atoms with Gasteiger partial charge < -0.3 is 20.5 Å². The van der Waals surface area contributed by atoms with E-state index in [1.54, 1.807) is 0 Å². The van der Waals surface area contributed by atoms with Gasteiger partial charge in [0.25, 0.3) is 0 Å². The summed E-state index contributed by atoms with van der Waals surface area (Å²) in [4.78, 5) is 16.3. The van der Waals surface area contributed by atoms with Gasteiger partial charge in [-0.3, -0.25) is 0 Å². The molecule has 7 nitrogen and oxygen atoms in total. The van der Waals surface area contributed by atoms with E-state index in [-0.39, 0.29) is 12.1 Å². The monoisotopic (exact) mass is 341 g/mol. The number of carbonyl (C=O) groups excluding carboxylic acids is 1. The molecule has 132 valence electrons. The van der Waals surface area contributed by atoms with Gasteiger partial charge in [0.1, 0.15) is 0 Å². The van der Waals surface area contributed by atoms with Gasteiger partial charge in [0.2, 0.25) is 11.7 Å². The van der Waals surface area contributed by atoms with Crippen LogP contribution in [0.1, 0.15) is 44.9 Å². The Kier molecular flexibility index (Phi) is 4.17. The molecule has 0 aliphatic carbocycles. The molecule has 2 aromatic rings. The van der Waals surface area contributed by atoms with Gasteiger partial charge in [0, 0.05) is 29.4 Å². The van der Waals surface area contributed by atoms with Crippen molar-refractivity contribution < 1.29 is 9.32 Å². The van der Waals surface area contributed by atoms with Crippen molar-refractivity contribution in [3.05, 3.63) is 30.2 Å². The molecule has 1 aromatic heterocycles. The summed E-state index contributed by atoms with van der Waals surface area (Å²) in [6.07, 6.45) is 3.52. The molecule has 0 saturated carbocycles. The second-order valence-electron chi connectivity index (χ2n) is 7.18. The Balaban J connectivity index is 1.43. The minimum absolute atomic E-state index is 0.0948. The molecule has 2 amide bonds. The van der Waals surface area contributed by atoms with Crippen LogP contribution < -0.4 is 16.0 Å². The van der Waals surface area contributed by atoms with Crippen molar-refractivity contribution in [3.63, 3.8) is 0 Å². The van der Waals surface area contributed by atoms with Gasteiger partial charge in [-0.2, -0.15) is 4.98 Å². The Labute approximate surface area is 146 Å². The highest BCUT2D eigenvalue weighted by atomic mass is 16.5. The molecule has 3 heterocycles. The average Bonchev–Trinajstić information content (AvgIpc) is 3.31. The molecule has 2 aliphatic rings. The van der Waals surface area contributed by atoms with Gasteiger partial charge in [0.05, 0.1) is 5.92 Å². The Morgan fingerprint density at radius 1 is 1.28 bits per heavy atom. The molecule has 4 rings (SSSR count). The maximum atomic E-state index is 11.7. The third-order valence-corrected chi connectivity index (χ3v) is 4.88. The van der Waals surface area contributed by atoms with Crippen molar-refractivity contribution in [3.8, 4) is 11.4 Å². The van der Waals surface area contributed by atoms with Crippen molar-refractivity contribution in [2.24, 2.45) is 0 Å². The molecule has 1 aromatic carbocycles. The van der Waals surface area contributed by atoms with Gasteiger partial charge in [-0.15, -0.1) is 0 Å². The van der Waals surface area contributed by atoms with E-state index in [1.165, 1.54) is 12.8 Å². The number of fused-ring (bicyclic) bond motifs is 2. The van der Waals surface area contributed by atoms with Crippen LogP contribution in [0.5, 0.6) is 0 Å². The maximum Gasteiger partial charge on any atom is 0.319 e. The first-order valence-corrected chi connectivity index (χ1v) is 8.86. The summed E-state index contributed by atoms with van der Waals surface area (Å²) in [7, 11) is 0. The number of aromatic nitrogens is 2. The lowest BCUT2D eigenvalue weighted by Crippen LogP contribution is -2.34. The van der Waals surface area contributed by atoms with Gasteiger partial charge in [-0.05, 0) is 57.4 Å². The lowest BCUT2D eigenvalue weighted by Gasteiger charge is -2.15. The van der Waals surface area contributed by atoms with Crippen molar-refractivity contribution in [2.75, 3.05) is 5.32 Å². The number of nitrogens with zero attached hydrogens (tertiary/aromatic N) is 2. The van der Waals surface area contributed by atoms with E-state index < -0.39 is 0 Å². The van der Waals surface area contributed by atoms with Crippen LogP contribution in [-0.2, 0) is 0 Å². The molecule has 2 saturated heterocycles. The Morgan fingerprint density at radius 2 is 2.08 bits per heavy atom. The van der Waals surface area contributed by atoms with E-state index >= 15 is 0 Å². The number of benzene rings is 1. The maximum absolute atomic E-state index is 11.7. The van der Waals surface area contributed by atoms with E-state index in [1.807, 2.05) is 38.1 Å². The minimum atomic E-state index is -0.214. The van der Waals surface area contributed by atoms with Crippen molar-refractivity contribution in [1.29, 1.82) is 0 Å². The first-order valence-electron chi connectivity index (χ1n) is 8.86. The molecular weight excluding hydrogens is 318 g/mol. The van der Waals surface area contributed by atoms with Crippen LogP contribution in [0, 0.1) is 0 Å². The van der Waals surface area contributed by atoms with Crippen LogP contribution in [0.15, 0.2) is 28.8 Å². The molecule has 2 aliphatic heterocycles. The predicted molar refractivity (Wildman–Crippen MR) is 94.3 cm³/mol. The van der Waals surface area contributed by atoms with Crippen molar-refractivity contribution in [1.82, 2.24) is 20.8 Å². The summed E-state index contributed by atoms with van der Waals surface area (Å²) in [6.45, 7) is 3.84. The van der Waals surface area contributed by atoms with E-state index in [4.69, 9.17) is 4.52 Å². The van der Waals surface area contributed by atoms with Crippen LogP contribution >= 0.6 is 0 Å². The summed E-state index contributed by atoms with van der Waals surface area (Å²) >= 11 is 0. The normalized spacial score (nSPS) is 24.7. The van der Waals surface area contributed by atoms with Gasteiger partial charge in [0.15, 0.2) is 0 Å². The number of anilines is 1. The fraction of sp³-hybridized carbons (Fsp3) is 0.500. The molecule has 2 fully saturated rings. The predicted octanol–water partition coefficient (Wildman–Crippen LogP) is 2.87. The summed E-state index contributed by atoms with van der Waals surface area (Å²) in [5, 5.41) is 13.3. The number of hydrogen-bond donors (Lipinski definition) is 3. The minimum Gasteiger partial charge on any atom is -0.339 e. The molecule has 0 radical (unpaired) electrons. The zero-order valence-corrected chi connectivity index (χ0v) is 14.5. The van der Waals surface area contributed by atoms with E-state index in [2.05, 4.69) is 26.1 Å². The highest BCUT2D eigenvalue weighted by Crippen LogP contribution is 2.39. The smallest absolute Gasteiger partial charge is 0.319 e. The summed E-state index contributed by atoms with van der Waals surface area (Å²) in [5.74, 6) is 1.66. The lowest BCUT2D eigenvalue weighted by atomic mass is 9.89. The second-order valence-corrected chi connectivity index (χ2v) is 7.18. The number of urea groups is 1. The number of amides is 2. The highest BCUT2D eigenvalue weighted by molar-refractivity contribution is 5.89. The molecule has 3 N–H and O–H groups in total. The zero-order chi connectivity index (χ0) is 17.4. The Morgan fingerprint density at radius 3 is 2.72 bits per heavy atom. The standard InChI is InChI=1S/C18H23N5O2/c1-10(2)19-18(24)21-12-5-3-11(4-6-12)16-22-17(25-23-16)14-9-13-7-8-15(14)20-13/h3-6,10,13-15,20H,7-9H2,1-2H3,(H2,19,21,24)/t13-,14+,15+/m0/s1. The van der Waals surface area contributed by atoms with E-state index in [0.29, 0.717) is 23.8 Å². The van der Waals surface area contributed by atoms with E-state index in [0.717, 1.165) is 23.6 Å². The van der Waals surface area contributed by atoms with Crippen LogP contribution in [0.25, 0.3) is 11.4 Å². The largest absolute Gasteiger partial charge is 0.339 e. The number of carbonyl (C=O) groups is 1. The number of hydrogen-bond acceptors (Lipinski definition) is 5. The first-order chi connectivity index (χ1) is 12.1. The summed E-state index contributed by atoms with van der Waals surface area (Å²) < 4.78 is 5.51. The quantitative estimate of drug-likeness (QED) is 0.795. The van der Waals surface area contributed by atoms with Crippen LogP contribution in [0.4, 0.5) is 10.5 Å².